The van der Waals surface area contributed by atoms with Gasteiger partial charge in [0.15, 0.2) is 0 Å². The minimum absolute atomic E-state index is 0.0191. The molecule has 1 aliphatic rings. The van der Waals surface area contributed by atoms with Crippen molar-refractivity contribution in [1.29, 1.82) is 0 Å². The van der Waals surface area contributed by atoms with Crippen LogP contribution in [-0.2, 0) is 17.6 Å². The number of nitrogens with zero attached hydrogens (tertiary/aromatic N) is 1. The van der Waals surface area contributed by atoms with E-state index in [9.17, 15) is 9.59 Å². The number of methoxy groups -OCH3 is 1. The van der Waals surface area contributed by atoms with E-state index in [2.05, 4.69) is 5.32 Å². The second kappa shape index (κ2) is 7.27. The Morgan fingerprint density at radius 3 is 2.80 bits per heavy atom. The maximum atomic E-state index is 12.6. The van der Waals surface area contributed by atoms with Crippen LogP contribution in [0.2, 0.25) is 0 Å². The van der Waals surface area contributed by atoms with Crippen molar-refractivity contribution in [3.05, 3.63) is 45.6 Å². The van der Waals surface area contributed by atoms with Crippen LogP contribution in [0.25, 0.3) is 0 Å². The Hall–Kier alpha value is -2.34. The van der Waals surface area contributed by atoms with Crippen molar-refractivity contribution in [2.45, 2.75) is 19.3 Å². The first kappa shape index (κ1) is 17.5. The minimum atomic E-state index is -0.0735. The number of aryl methyl sites for hydroxylation is 1. The third-order valence-electron chi connectivity index (χ3n) is 4.41. The molecule has 0 radical (unpaired) electrons. The topological polar surface area (TPSA) is 58.6 Å². The second-order valence-electron chi connectivity index (χ2n) is 6.42. The summed E-state index contributed by atoms with van der Waals surface area (Å²) in [5.41, 5.74) is 1.87. The predicted octanol–water partition coefficient (Wildman–Crippen LogP) is 3.20. The van der Waals surface area contributed by atoms with Gasteiger partial charge in [-0.05, 0) is 43.0 Å². The van der Waals surface area contributed by atoms with E-state index in [0.717, 1.165) is 29.0 Å². The maximum Gasteiger partial charge on any atom is 0.263 e. The zero-order valence-electron chi connectivity index (χ0n) is 14.7. The Labute approximate surface area is 151 Å². The lowest BCUT2D eigenvalue weighted by Crippen LogP contribution is -2.27. The molecule has 6 heteroatoms. The number of thiophene rings is 1. The van der Waals surface area contributed by atoms with E-state index < -0.39 is 0 Å². The fourth-order valence-corrected chi connectivity index (χ4v) is 4.25. The van der Waals surface area contributed by atoms with Gasteiger partial charge in [0.25, 0.3) is 5.91 Å². The van der Waals surface area contributed by atoms with Crippen LogP contribution in [0.3, 0.4) is 0 Å². The van der Waals surface area contributed by atoms with Crippen molar-refractivity contribution in [3.63, 3.8) is 0 Å². The Bertz CT molecular complexity index is 798. The Morgan fingerprint density at radius 1 is 1.28 bits per heavy atom. The molecule has 5 nitrogen and oxygen atoms in total. The summed E-state index contributed by atoms with van der Waals surface area (Å²) in [6.45, 7) is 0. The molecule has 132 valence electrons. The number of benzene rings is 1. The number of nitrogens with one attached hydrogen (secondary N) is 1. The van der Waals surface area contributed by atoms with E-state index >= 15 is 0 Å². The van der Waals surface area contributed by atoms with E-state index in [1.165, 1.54) is 4.88 Å². The normalized spacial score (nSPS) is 16.0. The first-order valence-electron chi connectivity index (χ1n) is 8.26. The van der Waals surface area contributed by atoms with Crippen LogP contribution in [0, 0.1) is 5.92 Å². The van der Waals surface area contributed by atoms with Crippen molar-refractivity contribution >= 4 is 28.8 Å². The molecule has 1 aromatic heterocycles. The number of hydrogen-bond acceptors (Lipinski definition) is 4. The summed E-state index contributed by atoms with van der Waals surface area (Å²) in [6, 6.07) is 9.31. The highest BCUT2D eigenvalue weighted by Crippen LogP contribution is 2.33. The summed E-state index contributed by atoms with van der Waals surface area (Å²) in [6.07, 6.45) is 2.33. The highest BCUT2D eigenvalue weighted by Gasteiger charge is 2.27. The van der Waals surface area contributed by atoms with E-state index in [4.69, 9.17) is 4.74 Å². The number of anilines is 1. The number of carbonyl (C=O) groups is 2. The molecule has 25 heavy (non-hydrogen) atoms. The largest absolute Gasteiger partial charge is 0.497 e. The lowest BCUT2D eigenvalue weighted by atomic mass is 9.87. The molecule has 1 atom stereocenters. The molecule has 2 amide bonds. The lowest BCUT2D eigenvalue weighted by Gasteiger charge is -2.21. The third-order valence-corrected chi connectivity index (χ3v) is 5.63. The highest BCUT2D eigenvalue weighted by molar-refractivity contribution is 7.14. The molecular formula is C19H22N2O3S. The van der Waals surface area contributed by atoms with Crippen LogP contribution < -0.4 is 10.1 Å². The van der Waals surface area contributed by atoms with E-state index in [-0.39, 0.29) is 17.7 Å². The molecule has 1 heterocycles. The van der Waals surface area contributed by atoms with E-state index in [1.54, 1.807) is 37.4 Å². The van der Waals surface area contributed by atoms with Gasteiger partial charge < -0.3 is 15.0 Å². The predicted molar refractivity (Wildman–Crippen MR) is 99.5 cm³/mol. The smallest absolute Gasteiger partial charge is 0.263 e. The minimum Gasteiger partial charge on any atom is -0.497 e. The number of carbonyl (C=O) groups excluding carboxylic acids is 2. The summed E-state index contributed by atoms with van der Waals surface area (Å²) in [5.74, 6) is 0.686. The molecule has 0 aliphatic heterocycles. The molecule has 1 N–H and O–H groups in total. The van der Waals surface area contributed by atoms with E-state index in [1.807, 2.05) is 30.3 Å². The Kier molecular flexibility index (Phi) is 5.08. The molecule has 0 saturated heterocycles. The first-order chi connectivity index (χ1) is 12.0. The van der Waals surface area contributed by atoms with Gasteiger partial charge in [0.1, 0.15) is 5.75 Å². The van der Waals surface area contributed by atoms with Gasteiger partial charge in [0.2, 0.25) is 5.91 Å². The molecule has 1 aliphatic carbocycles. The van der Waals surface area contributed by atoms with Gasteiger partial charge >= 0.3 is 0 Å². The number of amides is 2. The zero-order chi connectivity index (χ0) is 18.0. The van der Waals surface area contributed by atoms with Crippen molar-refractivity contribution in [3.8, 4) is 5.75 Å². The summed E-state index contributed by atoms with van der Waals surface area (Å²) in [4.78, 5) is 28.3. The quantitative estimate of drug-likeness (QED) is 0.913. The van der Waals surface area contributed by atoms with Gasteiger partial charge in [0, 0.05) is 36.6 Å². The first-order valence-corrected chi connectivity index (χ1v) is 9.07. The summed E-state index contributed by atoms with van der Waals surface area (Å²) in [5, 5.41) is 2.97. The van der Waals surface area contributed by atoms with Crippen LogP contribution >= 0.6 is 11.3 Å². The molecule has 2 aromatic rings. The van der Waals surface area contributed by atoms with Crippen molar-refractivity contribution in [2.75, 3.05) is 26.5 Å². The number of ether oxygens (including phenoxy) is 1. The van der Waals surface area contributed by atoms with Crippen molar-refractivity contribution < 1.29 is 14.3 Å². The second-order valence-corrected chi connectivity index (χ2v) is 7.56. The molecular weight excluding hydrogens is 336 g/mol. The van der Waals surface area contributed by atoms with Gasteiger partial charge in [-0.25, -0.2) is 0 Å². The monoisotopic (exact) mass is 358 g/mol. The zero-order valence-corrected chi connectivity index (χ0v) is 15.5. The van der Waals surface area contributed by atoms with Gasteiger partial charge in [-0.2, -0.15) is 0 Å². The van der Waals surface area contributed by atoms with Gasteiger partial charge in [-0.15, -0.1) is 11.3 Å². The number of rotatable bonds is 4. The average molecular weight is 358 g/mol. The van der Waals surface area contributed by atoms with Crippen LogP contribution in [-0.4, -0.2) is 37.9 Å². The fraction of sp³-hybridized carbons (Fsp3) is 0.368. The van der Waals surface area contributed by atoms with Crippen molar-refractivity contribution in [1.82, 2.24) is 4.90 Å². The van der Waals surface area contributed by atoms with Crippen LogP contribution in [0.4, 0.5) is 5.69 Å². The molecule has 3 rings (SSSR count). The molecule has 0 spiro atoms. The number of fused-ring (bicyclic) bond motifs is 1. The van der Waals surface area contributed by atoms with Gasteiger partial charge in [-0.3, -0.25) is 9.59 Å². The van der Waals surface area contributed by atoms with E-state index in [0.29, 0.717) is 12.2 Å². The van der Waals surface area contributed by atoms with Crippen LogP contribution in [0.1, 0.15) is 26.5 Å². The lowest BCUT2D eigenvalue weighted by molar-refractivity contribution is -0.120. The van der Waals surface area contributed by atoms with Crippen LogP contribution in [0.5, 0.6) is 5.75 Å². The van der Waals surface area contributed by atoms with Crippen molar-refractivity contribution in [2.24, 2.45) is 5.92 Å². The highest BCUT2D eigenvalue weighted by atomic mass is 32.1. The molecule has 1 aromatic carbocycles. The SMILES string of the molecule is COc1cccc(NC(=O)C2CCc3sc(C(=O)N(C)C)cc3C2)c1. The molecule has 0 fully saturated rings. The summed E-state index contributed by atoms with van der Waals surface area (Å²) < 4.78 is 5.19. The molecule has 0 saturated carbocycles. The average Bonchev–Trinajstić information content (AvgIpc) is 3.04. The van der Waals surface area contributed by atoms with Crippen LogP contribution in [0.15, 0.2) is 30.3 Å². The molecule has 1 unspecified atom stereocenters. The third kappa shape index (κ3) is 3.85. The Morgan fingerprint density at radius 2 is 2.08 bits per heavy atom. The fourth-order valence-electron chi connectivity index (χ4n) is 3.02. The van der Waals surface area contributed by atoms with Gasteiger partial charge in [-0.1, -0.05) is 6.07 Å². The molecule has 0 bridgehead atoms. The Balaban J connectivity index is 1.69. The summed E-state index contributed by atoms with van der Waals surface area (Å²) in [7, 11) is 5.11. The maximum absolute atomic E-state index is 12.6. The number of hydrogen-bond donors (Lipinski definition) is 1. The van der Waals surface area contributed by atoms with Gasteiger partial charge in [0.05, 0.1) is 12.0 Å². The summed E-state index contributed by atoms with van der Waals surface area (Å²) >= 11 is 1.55. The standard InChI is InChI=1S/C19H22N2O3S/c1-21(2)19(23)17-10-13-9-12(7-8-16(13)25-17)18(22)20-14-5-4-6-15(11-14)24-3/h4-6,10-12H,7-9H2,1-3H3,(H,20,22).